The molecule has 0 radical (unpaired) electrons. The number of carbonyl (C=O) groups excluding carboxylic acids is 2. The summed E-state index contributed by atoms with van der Waals surface area (Å²) in [5, 5.41) is 18.1. The monoisotopic (exact) mass is 517 g/mol. The Morgan fingerprint density at radius 2 is 1.29 bits per heavy atom. The second kappa shape index (κ2) is 13.4. The van der Waals surface area contributed by atoms with E-state index in [1.807, 2.05) is 42.5 Å². The third-order valence-corrected chi connectivity index (χ3v) is 6.01. The smallest absolute Gasteiger partial charge is 0.336 e. The molecule has 8 heteroatoms. The van der Waals surface area contributed by atoms with Crippen molar-refractivity contribution in [2.24, 2.45) is 0 Å². The van der Waals surface area contributed by atoms with E-state index in [1.54, 1.807) is 40.8 Å². The van der Waals surface area contributed by atoms with Gasteiger partial charge in [-0.25, -0.2) is 9.59 Å². The molecule has 4 rings (SSSR count). The number of nitrogens with one attached hydrogen (secondary N) is 2. The van der Waals surface area contributed by atoms with Crippen molar-refractivity contribution in [3.05, 3.63) is 88.9 Å². The summed E-state index contributed by atoms with van der Waals surface area (Å²) < 4.78 is 10.7. The Kier molecular flexibility index (Phi) is 10.0. The van der Waals surface area contributed by atoms with Crippen LogP contribution in [0.5, 0.6) is 0 Å². The molecule has 0 bridgehead atoms. The van der Waals surface area contributed by atoms with Crippen molar-refractivity contribution in [1.82, 2.24) is 15.5 Å². The molecular formula is C30H35N3O5. The molecule has 1 aromatic heterocycles. The van der Waals surface area contributed by atoms with Crippen LogP contribution in [0.25, 0.3) is 22.4 Å². The molecule has 38 heavy (non-hydrogen) atoms. The van der Waals surface area contributed by atoms with Crippen LogP contribution in [0.3, 0.4) is 0 Å². The highest BCUT2D eigenvalue weighted by molar-refractivity contribution is 6.00. The van der Waals surface area contributed by atoms with Crippen LogP contribution in [0.1, 0.15) is 46.1 Å². The highest BCUT2D eigenvalue weighted by Gasteiger charge is 2.39. The average molecular weight is 518 g/mol. The molecule has 0 spiro atoms. The van der Waals surface area contributed by atoms with Crippen molar-refractivity contribution < 1.29 is 24.2 Å². The van der Waals surface area contributed by atoms with Crippen LogP contribution in [0.2, 0.25) is 0 Å². The van der Waals surface area contributed by atoms with Crippen LogP contribution in [-0.4, -0.2) is 47.1 Å². The average Bonchev–Trinajstić information content (AvgIpc) is 3.39. The van der Waals surface area contributed by atoms with Crippen LogP contribution in [-0.2, 0) is 19.1 Å². The number of aromatic nitrogens is 2. The molecule has 2 heterocycles. The Labute approximate surface area is 223 Å². The van der Waals surface area contributed by atoms with Crippen LogP contribution in [0.15, 0.2) is 83.3 Å². The van der Waals surface area contributed by atoms with E-state index in [0.29, 0.717) is 28.1 Å². The van der Waals surface area contributed by atoms with Gasteiger partial charge in [-0.2, -0.15) is 5.10 Å². The first-order chi connectivity index (χ1) is 18.4. The van der Waals surface area contributed by atoms with Gasteiger partial charge in [-0.3, -0.25) is 5.10 Å². The van der Waals surface area contributed by atoms with Crippen molar-refractivity contribution >= 4 is 11.9 Å². The van der Waals surface area contributed by atoms with Gasteiger partial charge >= 0.3 is 11.9 Å². The van der Waals surface area contributed by atoms with E-state index in [0.717, 1.165) is 22.4 Å². The van der Waals surface area contributed by atoms with Crippen molar-refractivity contribution in [1.29, 1.82) is 0 Å². The lowest BCUT2D eigenvalue weighted by Crippen LogP contribution is -2.32. The van der Waals surface area contributed by atoms with Gasteiger partial charge in [-0.1, -0.05) is 54.6 Å². The maximum Gasteiger partial charge on any atom is 0.336 e. The van der Waals surface area contributed by atoms with Gasteiger partial charge in [-0.15, -0.1) is 0 Å². The van der Waals surface area contributed by atoms with E-state index in [-0.39, 0.29) is 19.8 Å². The highest BCUT2D eigenvalue weighted by atomic mass is 16.5. The molecule has 3 N–H and O–H groups in total. The topological polar surface area (TPSA) is 114 Å². The number of aliphatic hydroxyl groups excluding tert-OH is 1. The maximum atomic E-state index is 13.1. The molecule has 0 unspecified atom stereocenters. The second-order valence-electron chi connectivity index (χ2n) is 8.54. The number of hydrogen-bond acceptors (Lipinski definition) is 7. The minimum absolute atomic E-state index is 0.221. The zero-order valence-electron chi connectivity index (χ0n) is 22.5. The normalized spacial score (nSPS) is 13.4. The molecule has 200 valence electrons. The fraction of sp³-hybridized carbons (Fsp3) is 0.300. The van der Waals surface area contributed by atoms with Gasteiger partial charge in [0.25, 0.3) is 0 Å². The fourth-order valence-corrected chi connectivity index (χ4v) is 4.47. The molecule has 1 aliphatic rings. The van der Waals surface area contributed by atoms with E-state index in [2.05, 4.69) is 27.6 Å². The van der Waals surface area contributed by atoms with Gasteiger partial charge in [0.1, 0.15) is 0 Å². The number of nitrogens with zero attached hydrogens (tertiary/aromatic N) is 1. The minimum Gasteiger partial charge on any atom is -0.463 e. The zero-order valence-corrected chi connectivity index (χ0v) is 22.5. The third kappa shape index (κ3) is 6.20. The predicted molar refractivity (Wildman–Crippen MR) is 147 cm³/mol. The molecule has 1 aliphatic heterocycles. The van der Waals surface area contributed by atoms with E-state index in [1.165, 1.54) is 0 Å². The van der Waals surface area contributed by atoms with E-state index in [4.69, 9.17) is 14.6 Å². The number of H-pyrrole nitrogens is 1. The molecule has 0 amide bonds. The number of aromatic amines is 1. The van der Waals surface area contributed by atoms with E-state index < -0.39 is 17.9 Å². The number of hydrogen-bond donors (Lipinski definition) is 3. The lowest BCUT2D eigenvalue weighted by Gasteiger charge is -2.30. The molecule has 0 fully saturated rings. The van der Waals surface area contributed by atoms with E-state index in [9.17, 15) is 9.59 Å². The molecule has 8 nitrogen and oxygen atoms in total. The molecule has 0 saturated carbocycles. The molecule has 0 saturated heterocycles. The first kappa shape index (κ1) is 28.4. The SMILES string of the molecule is CCO.CCOC(=O)C1=C(C)NC(C)=C(C(=O)OCC)C1c1cn[nH]c1-c1ccc(-c2ccccc2)cc1. The summed E-state index contributed by atoms with van der Waals surface area (Å²) in [5.74, 6) is -1.66. The Balaban J connectivity index is 0.00000127. The number of carbonyl (C=O) groups is 2. The van der Waals surface area contributed by atoms with Crippen molar-refractivity contribution in [3.63, 3.8) is 0 Å². The summed E-state index contributed by atoms with van der Waals surface area (Å²) in [5.41, 5.74) is 6.50. The quantitative estimate of drug-likeness (QED) is 0.374. The number of esters is 2. The summed E-state index contributed by atoms with van der Waals surface area (Å²) in [6.07, 6.45) is 1.66. The first-order valence-electron chi connectivity index (χ1n) is 12.7. The van der Waals surface area contributed by atoms with Crippen molar-refractivity contribution in [2.75, 3.05) is 19.8 Å². The number of ether oxygens (including phenoxy) is 2. The van der Waals surface area contributed by atoms with Gasteiger partial charge in [0.15, 0.2) is 0 Å². The van der Waals surface area contributed by atoms with Crippen LogP contribution in [0, 0.1) is 0 Å². The Hall–Kier alpha value is -4.17. The Morgan fingerprint density at radius 3 is 1.79 bits per heavy atom. The number of aliphatic hydroxyl groups is 1. The van der Waals surface area contributed by atoms with Gasteiger partial charge in [0.05, 0.1) is 42.2 Å². The standard InChI is InChI=1S/C28H29N3O4.C2H6O/c1-5-34-27(32)23-17(3)30-18(4)24(28(33)35-6-2)25(23)22-16-29-31-26(22)21-14-12-20(13-15-21)19-10-8-7-9-11-19;1-2-3/h7-16,25,30H,5-6H2,1-4H3,(H,29,31);3H,2H2,1H3. The molecule has 3 aromatic rings. The van der Waals surface area contributed by atoms with Gasteiger partial charge in [0.2, 0.25) is 0 Å². The largest absolute Gasteiger partial charge is 0.463 e. The minimum atomic E-state index is -0.697. The summed E-state index contributed by atoms with van der Waals surface area (Å²) in [6, 6.07) is 18.2. The molecule has 2 aromatic carbocycles. The zero-order chi connectivity index (χ0) is 27.7. The lowest BCUT2D eigenvalue weighted by atomic mass is 9.79. The number of allylic oxidation sites excluding steroid dienone is 2. The van der Waals surface area contributed by atoms with Crippen molar-refractivity contribution in [2.45, 2.75) is 40.5 Å². The van der Waals surface area contributed by atoms with Gasteiger partial charge in [0, 0.05) is 23.6 Å². The fourth-order valence-electron chi connectivity index (χ4n) is 4.47. The van der Waals surface area contributed by atoms with Crippen LogP contribution < -0.4 is 5.32 Å². The Morgan fingerprint density at radius 1 is 0.816 bits per heavy atom. The molecular weight excluding hydrogens is 482 g/mol. The lowest BCUT2D eigenvalue weighted by molar-refractivity contribution is -0.139. The predicted octanol–water partition coefficient (Wildman–Crippen LogP) is 5.10. The number of rotatable bonds is 7. The van der Waals surface area contributed by atoms with Crippen molar-refractivity contribution in [3.8, 4) is 22.4 Å². The summed E-state index contributed by atoms with van der Waals surface area (Å²) in [7, 11) is 0. The van der Waals surface area contributed by atoms with E-state index >= 15 is 0 Å². The summed E-state index contributed by atoms with van der Waals surface area (Å²) >= 11 is 0. The number of benzene rings is 2. The highest BCUT2D eigenvalue weighted by Crippen LogP contribution is 2.42. The second-order valence-corrected chi connectivity index (χ2v) is 8.54. The summed E-state index contributed by atoms with van der Waals surface area (Å²) in [4.78, 5) is 26.1. The first-order valence-corrected chi connectivity index (χ1v) is 12.7. The molecule has 0 aliphatic carbocycles. The summed E-state index contributed by atoms with van der Waals surface area (Å²) in [6.45, 7) is 9.49. The molecule has 0 atom stereocenters. The maximum absolute atomic E-state index is 13.1. The van der Waals surface area contributed by atoms with Gasteiger partial charge in [-0.05, 0) is 51.3 Å². The van der Waals surface area contributed by atoms with Crippen LogP contribution >= 0.6 is 0 Å². The van der Waals surface area contributed by atoms with Gasteiger partial charge < -0.3 is 19.9 Å². The third-order valence-electron chi connectivity index (χ3n) is 6.01. The number of dihydropyridines is 1. The van der Waals surface area contributed by atoms with Crippen LogP contribution in [0.4, 0.5) is 0 Å². The Bertz CT molecular complexity index is 1270.